The minimum Gasteiger partial charge on any atom is -0.314 e. The van der Waals surface area contributed by atoms with E-state index in [-0.39, 0.29) is 0 Å². The summed E-state index contributed by atoms with van der Waals surface area (Å²) in [5, 5.41) is 3.92. The standard InChI is InChI=1S/C20H43N/c1-8-10-11-19(9-2)15-21-20(13-17(5)6)14-18(7)12-16(3)4/h16-21H,8-15H2,1-7H3. The maximum absolute atomic E-state index is 3.92. The third-order valence-corrected chi connectivity index (χ3v) is 4.56. The summed E-state index contributed by atoms with van der Waals surface area (Å²) in [7, 11) is 0. The smallest absolute Gasteiger partial charge is 0.00721 e. The van der Waals surface area contributed by atoms with E-state index in [0.717, 1.165) is 29.7 Å². The number of hydrogen-bond donors (Lipinski definition) is 1. The Labute approximate surface area is 135 Å². The number of rotatable bonds is 13. The predicted octanol–water partition coefficient (Wildman–Crippen LogP) is 6.28. The average Bonchev–Trinajstić information content (AvgIpc) is 2.37. The Hall–Kier alpha value is -0.0400. The zero-order chi connectivity index (χ0) is 16.3. The van der Waals surface area contributed by atoms with Crippen molar-refractivity contribution in [2.75, 3.05) is 6.54 Å². The molecule has 3 atom stereocenters. The second kappa shape index (κ2) is 12.5. The summed E-state index contributed by atoms with van der Waals surface area (Å²) < 4.78 is 0. The summed E-state index contributed by atoms with van der Waals surface area (Å²) in [4.78, 5) is 0. The van der Waals surface area contributed by atoms with Gasteiger partial charge in [0.05, 0.1) is 0 Å². The molecule has 0 aromatic rings. The first-order valence-electron chi connectivity index (χ1n) is 9.62. The van der Waals surface area contributed by atoms with E-state index >= 15 is 0 Å². The molecule has 128 valence electrons. The highest BCUT2D eigenvalue weighted by Crippen LogP contribution is 2.20. The molecule has 0 amide bonds. The van der Waals surface area contributed by atoms with Crippen LogP contribution in [0.5, 0.6) is 0 Å². The summed E-state index contributed by atoms with van der Waals surface area (Å²) in [5.74, 6) is 3.34. The van der Waals surface area contributed by atoms with Gasteiger partial charge in [-0.2, -0.15) is 0 Å². The van der Waals surface area contributed by atoms with Crippen LogP contribution in [0, 0.1) is 23.7 Å². The molecular formula is C20H43N. The van der Waals surface area contributed by atoms with Crippen molar-refractivity contribution in [2.45, 2.75) is 99.5 Å². The molecule has 1 nitrogen and oxygen atoms in total. The van der Waals surface area contributed by atoms with Crippen molar-refractivity contribution in [1.29, 1.82) is 0 Å². The van der Waals surface area contributed by atoms with Crippen LogP contribution in [0.4, 0.5) is 0 Å². The van der Waals surface area contributed by atoms with Crippen LogP contribution in [0.15, 0.2) is 0 Å². The Bertz CT molecular complexity index is 222. The van der Waals surface area contributed by atoms with E-state index in [1.807, 2.05) is 0 Å². The summed E-state index contributed by atoms with van der Waals surface area (Å²) in [6, 6.07) is 0.717. The number of hydrogen-bond acceptors (Lipinski definition) is 1. The van der Waals surface area contributed by atoms with E-state index in [4.69, 9.17) is 0 Å². The van der Waals surface area contributed by atoms with Gasteiger partial charge >= 0.3 is 0 Å². The van der Waals surface area contributed by atoms with Gasteiger partial charge in [-0.25, -0.2) is 0 Å². The van der Waals surface area contributed by atoms with E-state index in [9.17, 15) is 0 Å². The van der Waals surface area contributed by atoms with Gasteiger partial charge < -0.3 is 5.32 Å². The molecule has 1 heteroatoms. The molecule has 0 radical (unpaired) electrons. The largest absolute Gasteiger partial charge is 0.314 e. The van der Waals surface area contributed by atoms with Gasteiger partial charge in [0.1, 0.15) is 0 Å². The molecule has 0 saturated carbocycles. The zero-order valence-corrected chi connectivity index (χ0v) is 16.0. The van der Waals surface area contributed by atoms with Crippen molar-refractivity contribution in [3.05, 3.63) is 0 Å². The molecule has 0 aliphatic heterocycles. The second-order valence-electron chi connectivity index (χ2n) is 8.12. The van der Waals surface area contributed by atoms with Gasteiger partial charge in [0.15, 0.2) is 0 Å². The van der Waals surface area contributed by atoms with Gasteiger partial charge in [-0.1, -0.05) is 67.7 Å². The van der Waals surface area contributed by atoms with Gasteiger partial charge in [0.25, 0.3) is 0 Å². The molecule has 0 aromatic heterocycles. The van der Waals surface area contributed by atoms with E-state index in [2.05, 4.69) is 53.8 Å². The van der Waals surface area contributed by atoms with Gasteiger partial charge in [-0.05, 0) is 55.9 Å². The van der Waals surface area contributed by atoms with Crippen LogP contribution in [0.25, 0.3) is 0 Å². The quantitative estimate of drug-likeness (QED) is 0.422. The Morgan fingerprint density at radius 2 is 1.43 bits per heavy atom. The average molecular weight is 298 g/mol. The molecule has 1 N–H and O–H groups in total. The minimum absolute atomic E-state index is 0.717. The molecule has 0 aliphatic carbocycles. The van der Waals surface area contributed by atoms with Gasteiger partial charge in [-0.3, -0.25) is 0 Å². The molecule has 0 spiro atoms. The Morgan fingerprint density at radius 1 is 0.810 bits per heavy atom. The highest BCUT2D eigenvalue weighted by molar-refractivity contribution is 4.74. The Morgan fingerprint density at radius 3 is 1.90 bits per heavy atom. The first-order valence-corrected chi connectivity index (χ1v) is 9.62. The molecule has 0 bridgehead atoms. The minimum atomic E-state index is 0.717. The van der Waals surface area contributed by atoms with E-state index in [1.54, 1.807) is 0 Å². The maximum Gasteiger partial charge on any atom is 0.00721 e. The van der Waals surface area contributed by atoms with Gasteiger partial charge in [0, 0.05) is 6.04 Å². The van der Waals surface area contributed by atoms with E-state index in [0.29, 0.717) is 0 Å². The topological polar surface area (TPSA) is 12.0 Å². The lowest BCUT2D eigenvalue weighted by molar-refractivity contribution is 0.298. The van der Waals surface area contributed by atoms with E-state index < -0.39 is 0 Å². The van der Waals surface area contributed by atoms with Crippen molar-refractivity contribution in [3.8, 4) is 0 Å². The fourth-order valence-electron chi connectivity index (χ4n) is 3.50. The monoisotopic (exact) mass is 297 g/mol. The number of unbranched alkanes of at least 4 members (excludes halogenated alkanes) is 1. The SMILES string of the molecule is CCCCC(CC)CNC(CC(C)C)CC(C)CC(C)C. The zero-order valence-electron chi connectivity index (χ0n) is 16.0. The molecule has 0 heterocycles. The first kappa shape index (κ1) is 21.0. The highest BCUT2D eigenvalue weighted by atomic mass is 14.9. The van der Waals surface area contributed by atoms with Crippen molar-refractivity contribution in [3.63, 3.8) is 0 Å². The number of nitrogens with one attached hydrogen (secondary N) is 1. The van der Waals surface area contributed by atoms with Crippen LogP contribution in [-0.2, 0) is 0 Å². The predicted molar refractivity (Wildman–Crippen MR) is 97.8 cm³/mol. The molecular weight excluding hydrogens is 254 g/mol. The molecule has 0 saturated heterocycles. The molecule has 0 aromatic carbocycles. The molecule has 3 unspecified atom stereocenters. The molecule has 0 rings (SSSR count). The van der Waals surface area contributed by atoms with Crippen molar-refractivity contribution < 1.29 is 0 Å². The summed E-state index contributed by atoms with van der Waals surface area (Å²) in [6.07, 6.45) is 9.48. The summed E-state index contributed by atoms with van der Waals surface area (Å²) >= 11 is 0. The van der Waals surface area contributed by atoms with Crippen molar-refractivity contribution in [2.24, 2.45) is 23.7 Å². The second-order valence-corrected chi connectivity index (χ2v) is 8.12. The van der Waals surface area contributed by atoms with Crippen LogP contribution in [0.2, 0.25) is 0 Å². The molecule has 0 fully saturated rings. The maximum atomic E-state index is 3.92. The Kier molecular flexibility index (Phi) is 12.5. The highest BCUT2D eigenvalue weighted by Gasteiger charge is 2.17. The lowest BCUT2D eigenvalue weighted by atomic mass is 9.89. The van der Waals surface area contributed by atoms with Crippen LogP contribution in [0.1, 0.15) is 93.4 Å². The van der Waals surface area contributed by atoms with Crippen LogP contribution >= 0.6 is 0 Å². The van der Waals surface area contributed by atoms with Gasteiger partial charge in [-0.15, -0.1) is 0 Å². The Balaban J connectivity index is 4.27. The lowest BCUT2D eigenvalue weighted by Gasteiger charge is -2.27. The van der Waals surface area contributed by atoms with Gasteiger partial charge in [0.2, 0.25) is 0 Å². The fourth-order valence-corrected chi connectivity index (χ4v) is 3.50. The fraction of sp³-hybridized carbons (Fsp3) is 1.00. The first-order chi connectivity index (χ1) is 9.88. The van der Waals surface area contributed by atoms with Crippen LogP contribution in [-0.4, -0.2) is 12.6 Å². The molecule has 21 heavy (non-hydrogen) atoms. The van der Waals surface area contributed by atoms with E-state index in [1.165, 1.54) is 51.5 Å². The van der Waals surface area contributed by atoms with Crippen molar-refractivity contribution >= 4 is 0 Å². The summed E-state index contributed by atoms with van der Waals surface area (Å²) in [5.41, 5.74) is 0. The lowest BCUT2D eigenvalue weighted by Crippen LogP contribution is -2.36. The summed E-state index contributed by atoms with van der Waals surface area (Å²) in [6.45, 7) is 17.7. The van der Waals surface area contributed by atoms with Crippen LogP contribution < -0.4 is 5.32 Å². The van der Waals surface area contributed by atoms with Crippen molar-refractivity contribution in [1.82, 2.24) is 5.32 Å². The third kappa shape index (κ3) is 12.2. The molecule has 0 aliphatic rings. The van der Waals surface area contributed by atoms with Crippen LogP contribution in [0.3, 0.4) is 0 Å². The normalized spacial score (nSPS) is 16.4. The third-order valence-electron chi connectivity index (χ3n) is 4.56.